The molecule has 7 heteroatoms. The molecule has 0 saturated carbocycles. The third kappa shape index (κ3) is 27.7. The van der Waals surface area contributed by atoms with Crippen LogP contribution in [0.15, 0.2) is 24.3 Å². The van der Waals surface area contributed by atoms with E-state index in [4.69, 9.17) is 23.7 Å². The highest BCUT2D eigenvalue weighted by atomic mass is 16.7. The Kier molecular flexibility index (Phi) is 32.7. The predicted octanol–water partition coefficient (Wildman–Crippen LogP) is 3.34. The molecule has 7 nitrogen and oxygen atoms in total. The maximum atomic E-state index is 9.74. The van der Waals surface area contributed by atoms with Crippen molar-refractivity contribution in [3.8, 4) is 0 Å². The molecule has 0 heterocycles. The third-order valence-corrected chi connectivity index (χ3v) is 2.43. The second-order valence-corrected chi connectivity index (χ2v) is 4.48. The lowest BCUT2D eigenvalue weighted by Crippen LogP contribution is -2.14. The number of ether oxygens (including phenoxy) is 6. The number of carbonyl (C=O) groups is 1. The molecule has 0 saturated heterocycles. The first kappa shape index (κ1) is 29.7. The molecule has 0 unspecified atom stereocenters. The Bertz CT molecular complexity index is 300. The van der Waals surface area contributed by atoms with Gasteiger partial charge in [0.25, 0.3) is 0 Å². The van der Waals surface area contributed by atoms with Crippen molar-refractivity contribution in [3.05, 3.63) is 24.3 Å². The highest BCUT2D eigenvalue weighted by Crippen LogP contribution is 1.98. The Morgan fingerprint density at radius 1 is 0.846 bits per heavy atom. The van der Waals surface area contributed by atoms with E-state index in [0.717, 1.165) is 19.1 Å². The van der Waals surface area contributed by atoms with Crippen molar-refractivity contribution in [1.82, 2.24) is 0 Å². The zero-order chi connectivity index (χ0) is 19.0. The molecule has 0 aliphatic heterocycles. The van der Waals surface area contributed by atoms with Gasteiger partial charge >= 0.3 is 0 Å². The smallest absolute Gasteiger partial charge is 0.176 e. The quantitative estimate of drug-likeness (QED) is 0.134. The Labute approximate surface area is 159 Å². The molecule has 0 spiro atoms. The van der Waals surface area contributed by atoms with E-state index in [1.807, 2.05) is 26.0 Å². The van der Waals surface area contributed by atoms with E-state index in [2.05, 4.69) is 4.74 Å². The molecule has 0 aliphatic carbocycles. The highest BCUT2D eigenvalue weighted by molar-refractivity contribution is 5.64. The van der Waals surface area contributed by atoms with Gasteiger partial charge in [0.1, 0.15) is 19.9 Å². The minimum absolute atomic E-state index is 0. The van der Waals surface area contributed by atoms with Crippen molar-refractivity contribution in [3.63, 3.8) is 0 Å². The topological polar surface area (TPSA) is 72.5 Å². The van der Waals surface area contributed by atoms with Gasteiger partial charge in [0.05, 0.1) is 13.2 Å². The third-order valence-electron chi connectivity index (χ3n) is 2.43. The maximum Gasteiger partial charge on any atom is 0.176 e. The largest absolute Gasteiger partial charge is 0.359 e. The van der Waals surface area contributed by atoms with Gasteiger partial charge in [0.2, 0.25) is 0 Å². The summed E-state index contributed by atoms with van der Waals surface area (Å²) in [5.41, 5.74) is 0. The fraction of sp³-hybridized carbons (Fsp3) is 0.737. The number of hydrogen-bond donors (Lipinski definition) is 0. The molecule has 26 heavy (non-hydrogen) atoms. The Morgan fingerprint density at radius 2 is 1.35 bits per heavy atom. The van der Waals surface area contributed by atoms with Gasteiger partial charge in [-0.15, -0.1) is 0 Å². The molecule has 0 bridgehead atoms. The Morgan fingerprint density at radius 3 is 1.77 bits per heavy atom. The van der Waals surface area contributed by atoms with Crippen LogP contribution in [0, 0.1) is 0 Å². The van der Waals surface area contributed by atoms with Gasteiger partial charge in [0.15, 0.2) is 6.29 Å². The van der Waals surface area contributed by atoms with Crippen molar-refractivity contribution < 1.29 is 33.2 Å². The molecular weight excluding hydrogens is 340 g/mol. The first-order valence-electron chi connectivity index (χ1n) is 8.40. The van der Waals surface area contributed by atoms with Crippen LogP contribution in [0.3, 0.4) is 0 Å². The summed E-state index contributed by atoms with van der Waals surface area (Å²) in [7, 11) is 3.18. The van der Waals surface area contributed by atoms with E-state index in [9.17, 15) is 4.79 Å². The molecule has 0 atom stereocenters. The number of carbonyl (C=O) groups excluding carboxylic acids is 1. The van der Waals surface area contributed by atoms with Crippen molar-refractivity contribution in [2.45, 2.75) is 40.4 Å². The minimum atomic E-state index is -0.234. The van der Waals surface area contributed by atoms with Gasteiger partial charge in [-0.05, 0) is 38.8 Å². The molecule has 0 N–H and O–H groups in total. The summed E-state index contributed by atoms with van der Waals surface area (Å²) < 4.78 is 30.1. The highest BCUT2D eigenvalue weighted by Gasteiger charge is 2.00. The monoisotopic (exact) mass is 378 g/mol. The van der Waals surface area contributed by atoms with Crippen molar-refractivity contribution in [2.75, 3.05) is 54.2 Å². The predicted molar refractivity (Wildman–Crippen MR) is 103 cm³/mol. The summed E-state index contributed by atoms with van der Waals surface area (Å²) in [4.78, 5) is 9.74. The van der Waals surface area contributed by atoms with Gasteiger partial charge in [-0.3, -0.25) is 4.79 Å². The van der Waals surface area contributed by atoms with Crippen molar-refractivity contribution in [2.24, 2.45) is 0 Å². The normalized spacial score (nSPS) is 10.8. The van der Waals surface area contributed by atoms with Crippen molar-refractivity contribution in [1.29, 1.82) is 0 Å². The summed E-state index contributed by atoms with van der Waals surface area (Å²) in [5, 5.41) is 0. The second-order valence-electron chi connectivity index (χ2n) is 4.48. The van der Waals surface area contributed by atoms with Crippen LogP contribution in [0.25, 0.3) is 0 Å². The van der Waals surface area contributed by atoms with Gasteiger partial charge in [0, 0.05) is 27.4 Å². The van der Waals surface area contributed by atoms with Crippen LogP contribution < -0.4 is 0 Å². The summed E-state index contributed by atoms with van der Waals surface area (Å²) in [6.45, 7) is 7.09. The number of hydrogen-bond acceptors (Lipinski definition) is 7. The fourth-order valence-electron chi connectivity index (χ4n) is 1.43. The van der Waals surface area contributed by atoms with Crippen LogP contribution >= 0.6 is 0 Å². The molecule has 0 amide bonds. The molecule has 0 aromatic heterocycles. The lowest BCUT2D eigenvalue weighted by atomic mass is 10.4. The van der Waals surface area contributed by atoms with Crippen LogP contribution in [0.2, 0.25) is 0 Å². The molecule has 0 radical (unpaired) electrons. The molecule has 0 aliphatic rings. The summed E-state index contributed by atoms with van der Waals surface area (Å²) in [5.74, 6) is 0. The number of aldehydes is 1. The van der Waals surface area contributed by atoms with Crippen molar-refractivity contribution >= 4 is 6.29 Å². The van der Waals surface area contributed by atoms with Gasteiger partial charge in [-0.25, -0.2) is 0 Å². The number of methoxy groups -OCH3 is 2. The number of rotatable bonds is 16. The van der Waals surface area contributed by atoms with E-state index in [1.165, 1.54) is 6.08 Å². The van der Waals surface area contributed by atoms with Crippen LogP contribution in [-0.2, 0) is 33.2 Å². The summed E-state index contributed by atoms with van der Waals surface area (Å²) >= 11 is 0. The van der Waals surface area contributed by atoms with E-state index in [-0.39, 0.29) is 13.7 Å². The molecule has 0 aromatic rings. The van der Waals surface area contributed by atoms with Gasteiger partial charge in [-0.2, -0.15) is 0 Å². The van der Waals surface area contributed by atoms with Gasteiger partial charge in [-0.1, -0.05) is 19.6 Å². The molecular formula is C19H38O7. The van der Waals surface area contributed by atoms with E-state index in [1.54, 1.807) is 20.3 Å². The first-order valence-corrected chi connectivity index (χ1v) is 8.40. The summed E-state index contributed by atoms with van der Waals surface area (Å²) in [6, 6.07) is 0. The SMILES string of the molecule is C.CCOC(/C=C\CCOCOC)OCC.COCOCC/C=C/C=O. The molecule has 0 fully saturated rings. The van der Waals surface area contributed by atoms with Crippen LogP contribution in [-0.4, -0.2) is 66.8 Å². The molecule has 0 aromatic carbocycles. The number of allylic oxidation sites excluding steroid dienone is 1. The average Bonchev–Trinajstić information content (AvgIpc) is 2.62. The average molecular weight is 379 g/mol. The van der Waals surface area contributed by atoms with E-state index < -0.39 is 0 Å². The van der Waals surface area contributed by atoms with Gasteiger partial charge < -0.3 is 28.4 Å². The fourth-order valence-corrected chi connectivity index (χ4v) is 1.43. The lowest BCUT2D eigenvalue weighted by Gasteiger charge is -2.12. The molecule has 156 valence electrons. The van der Waals surface area contributed by atoms with Crippen LogP contribution in [0.5, 0.6) is 0 Å². The van der Waals surface area contributed by atoms with Crippen LogP contribution in [0.4, 0.5) is 0 Å². The minimum Gasteiger partial charge on any atom is -0.359 e. The molecule has 0 rings (SSSR count). The summed E-state index contributed by atoms with van der Waals surface area (Å²) in [6.07, 6.45) is 9.20. The van der Waals surface area contributed by atoms with E-state index >= 15 is 0 Å². The standard InChI is InChI=1S/C11H22O4.C7H12O3.CH4/c1-4-14-11(15-5-2)8-6-7-9-13-10-12-3;1-9-7-10-6-4-2-3-5-8;/h6,8,11H,4-5,7,9-10H2,1-3H3;2-3,5H,4,6-7H2,1H3;1H4/b8-6-;3-2+;. The zero-order valence-electron chi connectivity index (χ0n) is 16.0. The van der Waals surface area contributed by atoms with E-state index in [0.29, 0.717) is 40.0 Å². The lowest BCUT2D eigenvalue weighted by molar-refractivity contribution is -0.104. The maximum absolute atomic E-state index is 9.74. The second kappa shape index (κ2) is 28.7. The van der Waals surface area contributed by atoms with Crippen LogP contribution in [0.1, 0.15) is 34.1 Å². The zero-order valence-corrected chi connectivity index (χ0v) is 16.0. The Balaban J connectivity index is -0.000000422. The Hall–Kier alpha value is -1.09. The first-order chi connectivity index (χ1) is 12.3.